The molecule has 0 unspecified atom stereocenters. The number of hydrogen-bond acceptors (Lipinski definition) is 2. The summed E-state index contributed by atoms with van der Waals surface area (Å²) in [6.45, 7) is 1.59. The lowest BCUT2D eigenvalue weighted by Crippen LogP contribution is -2.31. The fraction of sp³-hybridized carbons (Fsp3) is 0.158. The molecule has 26 heavy (non-hydrogen) atoms. The van der Waals surface area contributed by atoms with E-state index in [9.17, 15) is 21.6 Å². The number of halogens is 3. The van der Waals surface area contributed by atoms with E-state index in [0.29, 0.717) is 0 Å². The average Bonchev–Trinajstić information content (AvgIpc) is 2.61. The van der Waals surface area contributed by atoms with Gasteiger partial charge in [-0.05, 0) is 48.0 Å². The summed E-state index contributed by atoms with van der Waals surface area (Å²) in [5.41, 5.74) is -0.905. The average molecular weight is 379 g/mol. The van der Waals surface area contributed by atoms with Crippen LogP contribution in [0.1, 0.15) is 12.5 Å². The van der Waals surface area contributed by atoms with Gasteiger partial charge in [0.2, 0.25) is 0 Å². The second-order valence-electron chi connectivity index (χ2n) is 5.73. The number of sulfonamides is 1. The van der Waals surface area contributed by atoms with Crippen LogP contribution in [0, 0.1) is 0 Å². The Kier molecular flexibility index (Phi) is 4.66. The third-order valence-electron chi connectivity index (χ3n) is 4.06. The molecular formula is C19H16F3NO2S. The van der Waals surface area contributed by atoms with Gasteiger partial charge in [-0.2, -0.15) is 13.2 Å². The lowest BCUT2D eigenvalue weighted by atomic mass is 10.1. The first-order valence-electron chi connectivity index (χ1n) is 7.92. The van der Waals surface area contributed by atoms with Gasteiger partial charge >= 0.3 is 6.18 Å². The lowest BCUT2D eigenvalue weighted by molar-refractivity contribution is -0.137. The van der Waals surface area contributed by atoms with Crippen molar-refractivity contribution in [3.05, 3.63) is 72.3 Å². The first-order chi connectivity index (χ1) is 12.2. The summed E-state index contributed by atoms with van der Waals surface area (Å²) in [7, 11) is -3.99. The number of nitrogens with zero attached hydrogens (tertiary/aromatic N) is 1. The third-order valence-corrected chi connectivity index (χ3v) is 5.96. The van der Waals surface area contributed by atoms with Crippen LogP contribution in [0.3, 0.4) is 0 Å². The summed E-state index contributed by atoms with van der Waals surface area (Å²) in [5.74, 6) is 0. The van der Waals surface area contributed by atoms with Gasteiger partial charge in [0.15, 0.2) is 0 Å². The van der Waals surface area contributed by atoms with Gasteiger partial charge in [0.25, 0.3) is 10.0 Å². The summed E-state index contributed by atoms with van der Waals surface area (Å²) < 4.78 is 65.9. The van der Waals surface area contributed by atoms with Gasteiger partial charge in [-0.15, -0.1) is 0 Å². The highest BCUT2D eigenvalue weighted by Gasteiger charge is 2.32. The first kappa shape index (κ1) is 18.3. The summed E-state index contributed by atoms with van der Waals surface area (Å²) in [6, 6.07) is 16.3. The molecule has 0 aliphatic heterocycles. The maximum Gasteiger partial charge on any atom is 0.416 e. The van der Waals surface area contributed by atoms with E-state index in [1.165, 1.54) is 24.3 Å². The lowest BCUT2D eigenvalue weighted by Gasteiger charge is -2.24. The minimum atomic E-state index is -4.54. The van der Waals surface area contributed by atoms with Gasteiger partial charge in [-0.3, -0.25) is 4.31 Å². The molecule has 7 heteroatoms. The molecule has 3 aromatic rings. The minimum Gasteiger partial charge on any atom is -0.267 e. The smallest absolute Gasteiger partial charge is 0.267 e. The van der Waals surface area contributed by atoms with E-state index in [0.717, 1.165) is 27.2 Å². The zero-order chi connectivity index (χ0) is 18.9. The summed E-state index contributed by atoms with van der Waals surface area (Å²) >= 11 is 0. The van der Waals surface area contributed by atoms with Gasteiger partial charge in [0.1, 0.15) is 0 Å². The third kappa shape index (κ3) is 3.39. The zero-order valence-electron chi connectivity index (χ0n) is 13.9. The van der Waals surface area contributed by atoms with Crippen molar-refractivity contribution in [2.45, 2.75) is 18.0 Å². The standard InChI is InChI=1S/C19H16F3NO2S/c1-2-23(17-9-5-8-16(13-17)19(20,21)22)26(24,25)18-11-10-14-6-3-4-7-15(14)12-18/h3-13H,2H2,1H3. The number of anilines is 1. The number of hydrogen-bond donors (Lipinski definition) is 0. The Labute approximate surface area is 149 Å². The van der Waals surface area contributed by atoms with Gasteiger partial charge in [0.05, 0.1) is 16.1 Å². The van der Waals surface area contributed by atoms with Crippen LogP contribution < -0.4 is 4.31 Å². The van der Waals surface area contributed by atoms with Crippen molar-refractivity contribution in [3.63, 3.8) is 0 Å². The maximum absolute atomic E-state index is 13.0. The molecule has 0 fully saturated rings. The normalized spacial score (nSPS) is 12.3. The summed E-state index contributed by atoms with van der Waals surface area (Å²) in [4.78, 5) is 0.0375. The number of fused-ring (bicyclic) bond motifs is 1. The molecule has 3 rings (SSSR count). The molecule has 0 saturated carbocycles. The predicted octanol–water partition coefficient (Wildman–Crippen LogP) is 5.07. The van der Waals surface area contributed by atoms with E-state index in [4.69, 9.17) is 0 Å². The van der Waals surface area contributed by atoms with Crippen molar-refractivity contribution in [1.82, 2.24) is 0 Å². The Morgan fingerprint density at radius 3 is 2.23 bits per heavy atom. The molecule has 3 aromatic carbocycles. The molecule has 0 aliphatic carbocycles. The predicted molar refractivity (Wildman–Crippen MR) is 95.6 cm³/mol. The molecule has 0 heterocycles. The Bertz CT molecular complexity index is 1050. The van der Waals surface area contributed by atoms with Crippen LogP contribution >= 0.6 is 0 Å². The van der Waals surface area contributed by atoms with Gasteiger partial charge < -0.3 is 0 Å². The number of rotatable bonds is 4. The van der Waals surface area contributed by atoms with Crippen molar-refractivity contribution in [1.29, 1.82) is 0 Å². The van der Waals surface area contributed by atoms with Crippen LogP contribution in [0.25, 0.3) is 10.8 Å². The Morgan fingerprint density at radius 2 is 1.58 bits per heavy atom. The van der Waals surface area contributed by atoms with Crippen LogP contribution in [-0.2, 0) is 16.2 Å². The zero-order valence-corrected chi connectivity index (χ0v) is 14.7. The largest absolute Gasteiger partial charge is 0.416 e. The van der Waals surface area contributed by atoms with Crippen molar-refractivity contribution < 1.29 is 21.6 Å². The SMILES string of the molecule is CCN(c1cccc(C(F)(F)F)c1)S(=O)(=O)c1ccc2ccccc2c1. The van der Waals surface area contributed by atoms with Crippen molar-refractivity contribution in [2.24, 2.45) is 0 Å². The van der Waals surface area contributed by atoms with E-state index in [1.54, 1.807) is 25.1 Å². The number of benzene rings is 3. The van der Waals surface area contributed by atoms with Crippen molar-refractivity contribution >= 4 is 26.5 Å². The second kappa shape index (κ2) is 6.64. The van der Waals surface area contributed by atoms with Gasteiger partial charge in [-0.1, -0.05) is 36.4 Å². The van der Waals surface area contributed by atoms with Crippen LogP contribution in [0.2, 0.25) is 0 Å². The van der Waals surface area contributed by atoms with Crippen molar-refractivity contribution in [3.8, 4) is 0 Å². The maximum atomic E-state index is 13.0. The first-order valence-corrected chi connectivity index (χ1v) is 9.36. The molecule has 3 nitrogen and oxygen atoms in total. The minimum absolute atomic E-state index is 0.0104. The van der Waals surface area contributed by atoms with Crippen LogP contribution in [0.5, 0.6) is 0 Å². The van der Waals surface area contributed by atoms with E-state index in [-0.39, 0.29) is 17.1 Å². The van der Waals surface area contributed by atoms with E-state index in [1.807, 2.05) is 12.1 Å². The fourth-order valence-corrected chi connectivity index (χ4v) is 4.29. The van der Waals surface area contributed by atoms with E-state index < -0.39 is 21.8 Å². The molecule has 0 N–H and O–H groups in total. The highest BCUT2D eigenvalue weighted by molar-refractivity contribution is 7.92. The molecule has 0 bridgehead atoms. The molecular weight excluding hydrogens is 363 g/mol. The molecule has 0 spiro atoms. The molecule has 0 aromatic heterocycles. The summed E-state index contributed by atoms with van der Waals surface area (Å²) in [5, 5.41) is 1.63. The molecule has 0 atom stereocenters. The Balaban J connectivity index is 2.08. The second-order valence-corrected chi connectivity index (χ2v) is 7.59. The molecule has 0 radical (unpaired) electrons. The molecule has 0 aliphatic rings. The fourth-order valence-electron chi connectivity index (χ4n) is 2.78. The quantitative estimate of drug-likeness (QED) is 0.634. The van der Waals surface area contributed by atoms with E-state index >= 15 is 0 Å². The Hall–Kier alpha value is -2.54. The molecule has 0 amide bonds. The van der Waals surface area contributed by atoms with Gasteiger partial charge in [-0.25, -0.2) is 8.42 Å². The monoisotopic (exact) mass is 379 g/mol. The van der Waals surface area contributed by atoms with Crippen LogP contribution in [0.4, 0.5) is 18.9 Å². The topological polar surface area (TPSA) is 37.4 Å². The highest BCUT2D eigenvalue weighted by Crippen LogP contribution is 2.33. The summed E-state index contributed by atoms with van der Waals surface area (Å²) in [6.07, 6.45) is -4.54. The van der Waals surface area contributed by atoms with Gasteiger partial charge in [0, 0.05) is 6.54 Å². The molecule has 136 valence electrons. The highest BCUT2D eigenvalue weighted by atomic mass is 32.2. The van der Waals surface area contributed by atoms with E-state index in [2.05, 4.69) is 0 Å². The van der Waals surface area contributed by atoms with Crippen LogP contribution in [0.15, 0.2) is 71.6 Å². The van der Waals surface area contributed by atoms with Crippen molar-refractivity contribution in [2.75, 3.05) is 10.8 Å². The number of alkyl halides is 3. The van der Waals surface area contributed by atoms with Crippen LogP contribution in [-0.4, -0.2) is 15.0 Å². The Morgan fingerprint density at radius 1 is 0.885 bits per heavy atom. The molecule has 0 saturated heterocycles.